The van der Waals surface area contributed by atoms with Gasteiger partial charge in [-0.25, -0.2) is 9.18 Å². The Morgan fingerprint density at radius 1 is 0.971 bits per heavy atom. The number of halogens is 1. The number of aromatic carboxylic acids is 1. The maximum absolute atomic E-state index is 15.3. The van der Waals surface area contributed by atoms with E-state index in [0.29, 0.717) is 12.2 Å². The van der Waals surface area contributed by atoms with Crippen molar-refractivity contribution in [1.82, 2.24) is 0 Å². The van der Waals surface area contributed by atoms with E-state index < -0.39 is 11.8 Å². The Morgan fingerprint density at radius 2 is 1.53 bits per heavy atom. The molecule has 0 unspecified atom stereocenters. The van der Waals surface area contributed by atoms with Gasteiger partial charge in [0, 0.05) is 5.56 Å². The summed E-state index contributed by atoms with van der Waals surface area (Å²) in [5.74, 6) is -1.43. The van der Waals surface area contributed by atoms with Crippen LogP contribution in [0, 0.1) is 11.7 Å². The summed E-state index contributed by atoms with van der Waals surface area (Å²) >= 11 is 0. The van der Waals surface area contributed by atoms with Crippen molar-refractivity contribution in [3.8, 4) is 16.9 Å². The Labute approximate surface area is 201 Å². The summed E-state index contributed by atoms with van der Waals surface area (Å²) in [7, 11) is 0. The van der Waals surface area contributed by atoms with E-state index in [1.807, 2.05) is 32.1 Å². The predicted molar refractivity (Wildman–Crippen MR) is 136 cm³/mol. The molecule has 0 heterocycles. The zero-order chi connectivity index (χ0) is 24.5. The van der Waals surface area contributed by atoms with E-state index in [0.717, 1.165) is 37.7 Å². The number of carboxylic acid groups (broad SMARTS) is 1. The zero-order valence-electron chi connectivity index (χ0n) is 20.0. The SMILES string of the molecule is C=CCCc1ccc(CCc2ccc(-c3c(C(=O)O)ccc(OC[C@@H](C)CC)c3F)cc2)cc1. The summed E-state index contributed by atoms with van der Waals surface area (Å²) in [4.78, 5) is 11.8. The molecule has 0 aliphatic rings. The molecule has 0 saturated carbocycles. The molecule has 3 rings (SSSR count). The average Bonchev–Trinajstić information content (AvgIpc) is 2.86. The molecule has 34 heavy (non-hydrogen) atoms. The van der Waals surface area contributed by atoms with E-state index >= 15 is 4.39 Å². The highest BCUT2D eigenvalue weighted by molar-refractivity contribution is 5.96. The van der Waals surface area contributed by atoms with Crippen LogP contribution in [-0.2, 0) is 19.3 Å². The standard InChI is InChI=1S/C30H33FO3/c1-4-6-7-22-8-10-23(11-9-22)12-13-24-14-16-25(17-15-24)28-26(30(32)33)18-19-27(29(28)31)34-20-21(3)5-2/h4,8-11,14-19,21H,1,5-7,12-13,20H2,2-3H3,(H,32,33)/t21-/m0/s1. The fourth-order valence-corrected chi connectivity index (χ4v) is 3.75. The van der Waals surface area contributed by atoms with Crippen LogP contribution in [0.3, 0.4) is 0 Å². The molecule has 0 spiro atoms. The van der Waals surface area contributed by atoms with Gasteiger partial charge in [0.1, 0.15) is 0 Å². The summed E-state index contributed by atoms with van der Waals surface area (Å²) in [5.41, 5.74) is 4.20. The number of allylic oxidation sites excluding steroid dienone is 1. The van der Waals surface area contributed by atoms with E-state index in [4.69, 9.17) is 4.74 Å². The zero-order valence-corrected chi connectivity index (χ0v) is 20.0. The van der Waals surface area contributed by atoms with E-state index in [-0.39, 0.29) is 22.8 Å². The lowest BCUT2D eigenvalue weighted by Crippen LogP contribution is -2.10. The summed E-state index contributed by atoms with van der Waals surface area (Å²) in [6.07, 6.45) is 6.57. The summed E-state index contributed by atoms with van der Waals surface area (Å²) in [6.45, 7) is 8.22. The first-order valence-corrected chi connectivity index (χ1v) is 11.9. The Balaban J connectivity index is 1.75. The average molecular weight is 461 g/mol. The van der Waals surface area contributed by atoms with Gasteiger partial charge in [0.25, 0.3) is 0 Å². The number of rotatable bonds is 12. The third kappa shape index (κ3) is 6.57. The molecule has 1 N–H and O–H groups in total. The number of ether oxygens (including phenoxy) is 1. The highest BCUT2D eigenvalue weighted by atomic mass is 19.1. The lowest BCUT2D eigenvalue weighted by molar-refractivity contribution is 0.0697. The highest BCUT2D eigenvalue weighted by Crippen LogP contribution is 2.33. The molecular formula is C30H33FO3. The van der Waals surface area contributed by atoms with E-state index in [1.54, 1.807) is 12.1 Å². The van der Waals surface area contributed by atoms with Gasteiger partial charge in [0.05, 0.1) is 12.2 Å². The predicted octanol–water partition coefficient (Wildman–Crippen LogP) is 7.52. The van der Waals surface area contributed by atoms with Crippen LogP contribution in [0.1, 0.15) is 53.7 Å². The molecule has 0 radical (unpaired) electrons. The van der Waals surface area contributed by atoms with Crippen LogP contribution in [0.25, 0.3) is 11.1 Å². The molecule has 0 amide bonds. The van der Waals surface area contributed by atoms with Gasteiger partial charge >= 0.3 is 5.97 Å². The molecule has 0 bridgehead atoms. The van der Waals surface area contributed by atoms with Gasteiger partial charge in [-0.15, -0.1) is 6.58 Å². The Morgan fingerprint density at radius 3 is 2.06 bits per heavy atom. The molecule has 4 heteroatoms. The molecule has 3 aromatic carbocycles. The maximum Gasteiger partial charge on any atom is 0.336 e. The van der Waals surface area contributed by atoms with Crippen molar-refractivity contribution >= 4 is 5.97 Å². The van der Waals surface area contributed by atoms with Gasteiger partial charge in [0.2, 0.25) is 0 Å². The third-order valence-electron chi connectivity index (χ3n) is 6.16. The molecule has 0 saturated heterocycles. The van der Waals surface area contributed by atoms with Crippen molar-refractivity contribution in [2.24, 2.45) is 5.92 Å². The first kappa shape index (κ1) is 25.2. The Bertz CT molecular complexity index is 1100. The van der Waals surface area contributed by atoms with Crippen LogP contribution in [0.4, 0.5) is 4.39 Å². The normalized spacial score (nSPS) is 11.7. The second kappa shape index (κ2) is 12.2. The van der Waals surface area contributed by atoms with Crippen molar-refractivity contribution in [3.63, 3.8) is 0 Å². The van der Waals surface area contributed by atoms with E-state index in [2.05, 4.69) is 30.8 Å². The van der Waals surface area contributed by atoms with Crippen molar-refractivity contribution in [3.05, 3.63) is 101 Å². The Kier molecular flexibility index (Phi) is 9.03. The minimum atomic E-state index is -1.16. The van der Waals surface area contributed by atoms with Gasteiger partial charge < -0.3 is 9.84 Å². The van der Waals surface area contributed by atoms with Crippen LogP contribution in [-0.4, -0.2) is 17.7 Å². The second-order valence-electron chi connectivity index (χ2n) is 8.77. The third-order valence-corrected chi connectivity index (χ3v) is 6.16. The van der Waals surface area contributed by atoms with E-state index in [9.17, 15) is 9.90 Å². The molecular weight excluding hydrogens is 427 g/mol. The summed E-state index contributed by atoms with van der Waals surface area (Å²) < 4.78 is 21.0. The largest absolute Gasteiger partial charge is 0.490 e. The van der Waals surface area contributed by atoms with Crippen LogP contribution < -0.4 is 4.74 Å². The number of aryl methyl sites for hydroxylation is 3. The number of hydrogen-bond donors (Lipinski definition) is 1. The number of hydrogen-bond acceptors (Lipinski definition) is 2. The van der Waals surface area contributed by atoms with Gasteiger partial charge in [-0.05, 0) is 66.0 Å². The lowest BCUT2D eigenvalue weighted by atomic mass is 9.96. The van der Waals surface area contributed by atoms with Gasteiger partial charge in [-0.1, -0.05) is 74.9 Å². The fraction of sp³-hybridized carbons (Fsp3) is 0.300. The monoisotopic (exact) mass is 460 g/mol. The van der Waals surface area contributed by atoms with Gasteiger partial charge in [-0.2, -0.15) is 0 Å². The lowest BCUT2D eigenvalue weighted by Gasteiger charge is -2.15. The number of carbonyl (C=O) groups is 1. The van der Waals surface area contributed by atoms with Crippen molar-refractivity contribution in [2.45, 2.75) is 46.0 Å². The quantitative estimate of drug-likeness (QED) is 0.284. The van der Waals surface area contributed by atoms with Crippen LogP contribution in [0.15, 0.2) is 73.3 Å². The van der Waals surface area contributed by atoms with Gasteiger partial charge in [0.15, 0.2) is 11.6 Å². The Hall–Kier alpha value is -3.40. The molecule has 0 fully saturated rings. The number of carboxylic acids is 1. The molecule has 178 valence electrons. The van der Waals surface area contributed by atoms with Gasteiger partial charge in [-0.3, -0.25) is 0 Å². The molecule has 0 aliphatic heterocycles. The smallest absolute Gasteiger partial charge is 0.336 e. The molecule has 3 nitrogen and oxygen atoms in total. The molecule has 0 aromatic heterocycles. The molecule has 0 aliphatic carbocycles. The summed E-state index contributed by atoms with van der Waals surface area (Å²) in [6, 6.07) is 18.9. The van der Waals surface area contributed by atoms with E-state index in [1.165, 1.54) is 23.3 Å². The van der Waals surface area contributed by atoms with Crippen LogP contribution >= 0.6 is 0 Å². The fourth-order valence-electron chi connectivity index (χ4n) is 3.75. The minimum absolute atomic E-state index is 0.0656. The topological polar surface area (TPSA) is 46.5 Å². The minimum Gasteiger partial charge on any atom is -0.490 e. The van der Waals surface area contributed by atoms with Crippen LogP contribution in [0.2, 0.25) is 0 Å². The van der Waals surface area contributed by atoms with Crippen molar-refractivity contribution in [1.29, 1.82) is 0 Å². The number of benzene rings is 3. The first-order valence-electron chi connectivity index (χ1n) is 11.9. The molecule has 3 aromatic rings. The highest BCUT2D eigenvalue weighted by Gasteiger charge is 2.20. The van der Waals surface area contributed by atoms with Crippen molar-refractivity contribution in [2.75, 3.05) is 6.61 Å². The maximum atomic E-state index is 15.3. The summed E-state index contributed by atoms with van der Waals surface area (Å²) in [5, 5.41) is 9.62. The van der Waals surface area contributed by atoms with Crippen LogP contribution in [0.5, 0.6) is 5.75 Å². The molecule has 1 atom stereocenters. The van der Waals surface area contributed by atoms with Crippen molar-refractivity contribution < 1.29 is 19.0 Å². The second-order valence-corrected chi connectivity index (χ2v) is 8.77. The first-order chi connectivity index (χ1) is 16.4.